The third-order valence-electron chi connectivity index (χ3n) is 3.09. The average Bonchev–Trinajstić information content (AvgIpc) is 2.26. The molecule has 0 aromatic heterocycles. The zero-order valence-corrected chi connectivity index (χ0v) is 10.8. The van der Waals surface area contributed by atoms with Gasteiger partial charge in [-0.1, -0.05) is 24.5 Å². The summed E-state index contributed by atoms with van der Waals surface area (Å²) in [5.41, 5.74) is 4.24. The molecular weight excluding hydrogens is 208 g/mol. The zero-order valence-electron chi connectivity index (χ0n) is 10.0. The second kappa shape index (κ2) is 6.22. The van der Waals surface area contributed by atoms with Gasteiger partial charge in [-0.2, -0.15) is 0 Å². The molecule has 1 aliphatic rings. The van der Waals surface area contributed by atoms with Crippen molar-refractivity contribution in [2.45, 2.75) is 46.0 Å². The van der Waals surface area contributed by atoms with Gasteiger partial charge in [-0.3, -0.25) is 0 Å². The molecule has 0 aliphatic heterocycles. The van der Waals surface area contributed by atoms with Crippen LogP contribution in [0.3, 0.4) is 0 Å². The van der Waals surface area contributed by atoms with Crippen LogP contribution in [0.5, 0.6) is 0 Å². The normalized spacial score (nSPS) is 17.3. The molecule has 1 aliphatic carbocycles. The minimum atomic E-state index is 0.665. The van der Waals surface area contributed by atoms with Crippen LogP contribution in [0.25, 0.3) is 0 Å². The Morgan fingerprint density at radius 2 is 2.00 bits per heavy atom. The molecule has 0 spiro atoms. The first kappa shape index (κ1) is 12.6. The van der Waals surface area contributed by atoms with Gasteiger partial charge in [0.05, 0.1) is 12.9 Å². The molecule has 0 atom stereocenters. The van der Waals surface area contributed by atoms with Gasteiger partial charge < -0.3 is 4.74 Å². The maximum Gasteiger partial charge on any atom is 0.0991 e. The number of ether oxygens (including phenoxy) is 1. The molecule has 0 aromatic rings. The number of alkyl halides is 1. The minimum Gasteiger partial charge on any atom is -0.501 e. The molecule has 0 saturated carbocycles. The van der Waals surface area contributed by atoms with Crippen LogP contribution in [0.2, 0.25) is 0 Å². The summed E-state index contributed by atoms with van der Waals surface area (Å²) in [6.45, 7) is 4.38. The molecule has 0 N–H and O–H groups in total. The van der Waals surface area contributed by atoms with Crippen LogP contribution in [-0.2, 0) is 4.74 Å². The molecule has 0 unspecified atom stereocenters. The maximum atomic E-state index is 5.94. The summed E-state index contributed by atoms with van der Waals surface area (Å²) in [7, 11) is 1.78. The third kappa shape index (κ3) is 3.27. The summed E-state index contributed by atoms with van der Waals surface area (Å²) in [6, 6.07) is 0. The van der Waals surface area contributed by atoms with E-state index in [1.807, 2.05) is 0 Å². The van der Waals surface area contributed by atoms with Crippen LogP contribution in [0, 0.1) is 0 Å². The fourth-order valence-corrected chi connectivity index (χ4v) is 2.32. The fraction of sp³-hybridized carbons (Fsp3) is 0.692. The third-order valence-corrected chi connectivity index (χ3v) is 3.41. The molecule has 1 nitrogen and oxygen atoms in total. The van der Waals surface area contributed by atoms with Crippen molar-refractivity contribution in [1.82, 2.24) is 0 Å². The largest absolute Gasteiger partial charge is 0.501 e. The van der Waals surface area contributed by atoms with E-state index in [2.05, 4.69) is 13.8 Å². The number of rotatable bonds is 5. The molecule has 0 bridgehead atoms. The molecular formula is C13H21ClO. The van der Waals surface area contributed by atoms with E-state index >= 15 is 0 Å². The van der Waals surface area contributed by atoms with Crippen molar-refractivity contribution in [3.05, 3.63) is 22.5 Å². The van der Waals surface area contributed by atoms with E-state index in [1.54, 1.807) is 7.11 Å². The van der Waals surface area contributed by atoms with Crippen molar-refractivity contribution in [3.8, 4) is 0 Å². The molecule has 15 heavy (non-hydrogen) atoms. The van der Waals surface area contributed by atoms with Gasteiger partial charge in [0.25, 0.3) is 0 Å². The maximum absolute atomic E-state index is 5.94. The second-order valence-corrected chi connectivity index (χ2v) is 4.47. The first-order chi connectivity index (χ1) is 7.22. The lowest BCUT2D eigenvalue weighted by Crippen LogP contribution is -2.07. The van der Waals surface area contributed by atoms with E-state index in [0.717, 1.165) is 19.3 Å². The fourth-order valence-electron chi connectivity index (χ4n) is 1.99. The Balaban J connectivity index is 2.72. The van der Waals surface area contributed by atoms with E-state index in [9.17, 15) is 0 Å². The number of methoxy groups -OCH3 is 1. The topological polar surface area (TPSA) is 9.23 Å². The lowest BCUT2D eigenvalue weighted by Gasteiger charge is -2.22. The summed E-state index contributed by atoms with van der Waals surface area (Å²) in [6.07, 6.45) is 5.62. The lowest BCUT2D eigenvalue weighted by molar-refractivity contribution is 0.273. The molecule has 86 valence electrons. The van der Waals surface area contributed by atoms with Gasteiger partial charge in [-0.25, -0.2) is 0 Å². The van der Waals surface area contributed by atoms with E-state index < -0.39 is 0 Å². The van der Waals surface area contributed by atoms with Crippen molar-refractivity contribution >= 4 is 11.6 Å². The average molecular weight is 229 g/mol. The summed E-state index contributed by atoms with van der Waals surface area (Å²) in [5, 5.41) is 0. The van der Waals surface area contributed by atoms with Crippen molar-refractivity contribution in [3.63, 3.8) is 0 Å². The number of allylic oxidation sites excluding steroid dienone is 3. The zero-order chi connectivity index (χ0) is 11.3. The quantitative estimate of drug-likeness (QED) is 0.500. The van der Waals surface area contributed by atoms with Gasteiger partial charge in [0.15, 0.2) is 0 Å². The van der Waals surface area contributed by atoms with Gasteiger partial charge in [0, 0.05) is 12.3 Å². The number of hydrogen-bond donors (Lipinski definition) is 0. The van der Waals surface area contributed by atoms with Gasteiger partial charge >= 0.3 is 0 Å². The standard InChI is InChI=1S/C13H21ClO/c1-4-5-6-11-8-12(9-14)10(2)7-13(11)15-3/h4-9H2,1-3H3. The first-order valence-corrected chi connectivity index (χ1v) is 6.24. The number of hydrogen-bond acceptors (Lipinski definition) is 1. The smallest absolute Gasteiger partial charge is 0.0991 e. The Hall–Kier alpha value is -0.430. The van der Waals surface area contributed by atoms with Crippen molar-refractivity contribution in [2.75, 3.05) is 13.0 Å². The number of unbranched alkanes of at least 4 members (excludes halogenated alkanes) is 1. The van der Waals surface area contributed by atoms with Crippen LogP contribution in [-0.4, -0.2) is 13.0 Å². The van der Waals surface area contributed by atoms with Gasteiger partial charge in [-0.05, 0) is 31.8 Å². The predicted octanol–water partition coefficient (Wildman–Crippen LogP) is 4.43. The highest BCUT2D eigenvalue weighted by molar-refractivity contribution is 6.19. The van der Waals surface area contributed by atoms with Crippen molar-refractivity contribution in [2.24, 2.45) is 0 Å². The SMILES string of the molecule is CCCCC1=C(OC)CC(C)=C(CCl)C1. The molecule has 1 rings (SSSR count). The molecule has 0 fully saturated rings. The van der Waals surface area contributed by atoms with Crippen LogP contribution in [0.15, 0.2) is 22.5 Å². The van der Waals surface area contributed by atoms with E-state index in [0.29, 0.717) is 5.88 Å². The molecule has 0 heterocycles. The summed E-state index contributed by atoms with van der Waals surface area (Å²) >= 11 is 5.94. The first-order valence-electron chi connectivity index (χ1n) is 5.71. The Morgan fingerprint density at radius 3 is 2.53 bits per heavy atom. The lowest BCUT2D eigenvalue weighted by atomic mass is 9.89. The van der Waals surface area contributed by atoms with Gasteiger partial charge in [0.1, 0.15) is 0 Å². The molecule has 0 saturated heterocycles. The van der Waals surface area contributed by atoms with Crippen molar-refractivity contribution < 1.29 is 4.74 Å². The van der Waals surface area contributed by atoms with Crippen molar-refractivity contribution in [1.29, 1.82) is 0 Å². The molecule has 2 heteroatoms. The monoisotopic (exact) mass is 228 g/mol. The summed E-state index contributed by atoms with van der Waals surface area (Å²) < 4.78 is 5.47. The Kier molecular flexibility index (Phi) is 5.24. The second-order valence-electron chi connectivity index (χ2n) is 4.21. The van der Waals surface area contributed by atoms with Gasteiger partial charge in [-0.15, -0.1) is 11.6 Å². The minimum absolute atomic E-state index is 0.665. The molecule has 0 amide bonds. The Labute approximate surface area is 98.2 Å². The Bertz CT molecular complexity index is 276. The van der Waals surface area contributed by atoms with Crippen LogP contribution in [0.1, 0.15) is 46.0 Å². The van der Waals surface area contributed by atoms with Crippen LogP contribution >= 0.6 is 11.6 Å². The highest BCUT2D eigenvalue weighted by atomic mass is 35.5. The van der Waals surface area contributed by atoms with Crippen LogP contribution in [0.4, 0.5) is 0 Å². The molecule has 0 radical (unpaired) electrons. The van der Waals surface area contributed by atoms with E-state index in [4.69, 9.17) is 16.3 Å². The highest BCUT2D eigenvalue weighted by Crippen LogP contribution is 2.33. The van der Waals surface area contributed by atoms with Gasteiger partial charge in [0.2, 0.25) is 0 Å². The highest BCUT2D eigenvalue weighted by Gasteiger charge is 2.17. The van der Waals surface area contributed by atoms with E-state index in [-0.39, 0.29) is 0 Å². The summed E-state index contributed by atoms with van der Waals surface area (Å²) in [4.78, 5) is 0. The Morgan fingerprint density at radius 1 is 1.27 bits per heavy atom. The van der Waals surface area contributed by atoms with Crippen LogP contribution < -0.4 is 0 Å². The summed E-state index contributed by atoms with van der Waals surface area (Å²) in [5.74, 6) is 1.84. The van der Waals surface area contributed by atoms with E-state index in [1.165, 1.54) is 35.3 Å². The predicted molar refractivity (Wildman–Crippen MR) is 66.2 cm³/mol. The number of halogens is 1. The molecule has 0 aromatic carbocycles.